The molecule has 1 amide bonds. The van der Waals surface area contributed by atoms with Gasteiger partial charge in [0, 0.05) is 29.1 Å². The Morgan fingerprint density at radius 1 is 1.14 bits per heavy atom. The van der Waals surface area contributed by atoms with Crippen molar-refractivity contribution in [1.82, 2.24) is 21.5 Å². The molecule has 148 valence electrons. The van der Waals surface area contributed by atoms with E-state index in [2.05, 4.69) is 26.5 Å². The van der Waals surface area contributed by atoms with Crippen molar-refractivity contribution in [3.8, 4) is 0 Å². The summed E-state index contributed by atoms with van der Waals surface area (Å²) in [5.74, 6) is -0.482. The summed E-state index contributed by atoms with van der Waals surface area (Å²) in [6, 6.07) is 13.2. The Labute approximate surface area is 168 Å². The van der Waals surface area contributed by atoms with E-state index in [4.69, 9.17) is 11.6 Å². The van der Waals surface area contributed by atoms with Gasteiger partial charge in [-0.1, -0.05) is 23.7 Å². The number of aliphatic imine (C=N–C) groups is 1. The summed E-state index contributed by atoms with van der Waals surface area (Å²) < 4.78 is 13.1. The van der Waals surface area contributed by atoms with Gasteiger partial charge in [0.25, 0.3) is 5.91 Å². The highest BCUT2D eigenvalue weighted by Gasteiger charge is 2.26. The minimum absolute atomic E-state index is 0.0775. The molecule has 2 aromatic rings. The molecule has 8 heteroatoms. The predicted octanol–water partition coefficient (Wildman–Crippen LogP) is 3.13. The highest BCUT2D eigenvalue weighted by Crippen LogP contribution is 2.22. The Kier molecular flexibility index (Phi) is 6.61. The van der Waals surface area contributed by atoms with Gasteiger partial charge in [0.15, 0.2) is 0 Å². The van der Waals surface area contributed by atoms with Crippen LogP contribution in [0.1, 0.15) is 42.2 Å². The number of carbonyl (C=O) groups excluding carboxylic acids is 1. The number of guanidine groups is 1. The summed E-state index contributed by atoms with van der Waals surface area (Å²) in [5.41, 5.74) is 7.83. The SMILES string of the molecule is CC(C)N/C(=N/C(=O)c1ccc(F)cc1)NC1CC(c2ccc(Cl)cc2)NN1. The minimum Gasteiger partial charge on any atom is -0.354 e. The third-order valence-corrected chi connectivity index (χ3v) is 4.47. The van der Waals surface area contributed by atoms with E-state index >= 15 is 0 Å². The second-order valence-corrected chi connectivity index (χ2v) is 7.33. The molecule has 3 rings (SSSR count). The molecule has 1 saturated heterocycles. The number of amides is 1. The molecule has 1 aliphatic heterocycles. The summed E-state index contributed by atoms with van der Waals surface area (Å²) in [4.78, 5) is 16.5. The van der Waals surface area contributed by atoms with Crippen molar-refractivity contribution in [3.63, 3.8) is 0 Å². The number of hydrogen-bond donors (Lipinski definition) is 4. The highest BCUT2D eigenvalue weighted by molar-refractivity contribution is 6.30. The van der Waals surface area contributed by atoms with Gasteiger partial charge in [-0.15, -0.1) is 0 Å². The third-order valence-electron chi connectivity index (χ3n) is 4.22. The van der Waals surface area contributed by atoms with Gasteiger partial charge in [0.1, 0.15) is 5.82 Å². The van der Waals surface area contributed by atoms with E-state index in [1.165, 1.54) is 24.3 Å². The molecule has 2 unspecified atom stereocenters. The van der Waals surface area contributed by atoms with Crippen LogP contribution in [0.5, 0.6) is 0 Å². The average Bonchev–Trinajstić information content (AvgIpc) is 3.10. The number of nitrogens with one attached hydrogen (secondary N) is 4. The van der Waals surface area contributed by atoms with Crippen LogP contribution in [0.15, 0.2) is 53.5 Å². The molecule has 6 nitrogen and oxygen atoms in total. The standard InChI is InChI=1S/C20H23ClFN5O/c1-12(2)23-20(25-19(28)14-5-9-16(22)10-6-14)24-18-11-17(26-27-18)13-3-7-15(21)8-4-13/h3-10,12,17-18,26-27H,11H2,1-2H3,(H2,23,24,25,28). The van der Waals surface area contributed by atoms with Crippen molar-refractivity contribution in [2.24, 2.45) is 4.99 Å². The second-order valence-electron chi connectivity index (χ2n) is 6.90. The average molecular weight is 404 g/mol. The molecule has 28 heavy (non-hydrogen) atoms. The van der Waals surface area contributed by atoms with Crippen LogP contribution in [0.3, 0.4) is 0 Å². The first kappa shape index (κ1) is 20.3. The van der Waals surface area contributed by atoms with Gasteiger partial charge >= 0.3 is 0 Å². The lowest BCUT2D eigenvalue weighted by molar-refractivity contribution is 0.100. The van der Waals surface area contributed by atoms with Crippen LogP contribution < -0.4 is 21.5 Å². The molecular formula is C20H23ClFN5O. The lowest BCUT2D eigenvalue weighted by Gasteiger charge is -2.19. The number of halogens is 2. The zero-order valence-electron chi connectivity index (χ0n) is 15.7. The van der Waals surface area contributed by atoms with E-state index in [1.807, 2.05) is 38.1 Å². The summed E-state index contributed by atoms with van der Waals surface area (Å²) >= 11 is 5.95. The molecule has 4 N–H and O–H groups in total. The molecule has 0 radical (unpaired) electrons. The first-order valence-electron chi connectivity index (χ1n) is 9.09. The van der Waals surface area contributed by atoms with Gasteiger partial charge in [0.05, 0.1) is 6.17 Å². The molecule has 2 atom stereocenters. The van der Waals surface area contributed by atoms with Crippen LogP contribution in [0.4, 0.5) is 4.39 Å². The second kappa shape index (κ2) is 9.14. The largest absolute Gasteiger partial charge is 0.354 e. The first-order chi connectivity index (χ1) is 13.4. The van der Waals surface area contributed by atoms with Crippen molar-refractivity contribution in [3.05, 3.63) is 70.5 Å². The van der Waals surface area contributed by atoms with Crippen LogP contribution in [-0.4, -0.2) is 24.1 Å². The van der Waals surface area contributed by atoms with Gasteiger partial charge in [-0.3, -0.25) is 4.79 Å². The molecule has 0 aromatic heterocycles. The Morgan fingerprint density at radius 2 is 1.82 bits per heavy atom. The lowest BCUT2D eigenvalue weighted by atomic mass is 10.0. The van der Waals surface area contributed by atoms with Gasteiger partial charge in [-0.2, -0.15) is 4.99 Å². The fourth-order valence-corrected chi connectivity index (χ4v) is 2.99. The van der Waals surface area contributed by atoms with Gasteiger partial charge < -0.3 is 10.6 Å². The van der Waals surface area contributed by atoms with Crippen LogP contribution in [0.25, 0.3) is 0 Å². The van der Waals surface area contributed by atoms with E-state index in [-0.39, 0.29) is 18.2 Å². The van der Waals surface area contributed by atoms with Crippen molar-refractivity contribution in [2.75, 3.05) is 0 Å². The zero-order valence-corrected chi connectivity index (χ0v) is 16.4. The third kappa shape index (κ3) is 5.51. The van der Waals surface area contributed by atoms with E-state index in [9.17, 15) is 9.18 Å². The molecule has 0 spiro atoms. The van der Waals surface area contributed by atoms with Gasteiger partial charge in [0.2, 0.25) is 5.96 Å². The number of nitrogens with zero attached hydrogens (tertiary/aromatic N) is 1. The lowest BCUT2D eigenvalue weighted by Crippen LogP contribution is -2.51. The highest BCUT2D eigenvalue weighted by atomic mass is 35.5. The molecule has 0 saturated carbocycles. The van der Waals surface area contributed by atoms with Crippen molar-refractivity contribution in [1.29, 1.82) is 0 Å². The molecule has 0 bridgehead atoms. The smallest absolute Gasteiger partial charge is 0.280 e. The number of carbonyl (C=O) groups is 1. The first-order valence-corrected chi connectivity index (χ1v) is 9.46. The molecular weight excluding hydrogens is 381 g/mol. The molecule has 0 aliphatic carbocycles. The quantitative estimate of drug-likeness (QED) is 0.466. The maximum absolute atomic E-state index is 13.1. The summed E-state index contributed by atoms with van der Waals surface area (Å²) in [5, 5.41) is 7.05. The Balaban J connectivity index is 1.68. The molecule has 1 heterocycles. The predicted molar refractivity (Wildman–Crippen MR) is 108 cm³/mol. The summed E-state index contributed by atoms with van der Waals surface area (Å²) in [6.07, 6.45) is 0.609. The van der Waals surface area contributed by atoms with Crippen molar-refractivity contribution >= 4 is 23.5 Å². The molecule has 1 fully saturated rings. The number of hydrogen-bond acceptors (Lipinski definition) is 3. The maximum Gasteiger partial charge on any atom is 0.280 e. The van der Waals surface area contributed by atoms with E-state index < -0.39 is 11.7 Å². The van der Waals surface area contributed by atoms with Crippen LogP contribution >= 0.6 is 11.6 Å². The maximum atomic E-state index is 13.1. The monoisotopic (exact) mass is 403 g/mol. The number of hydrazine groups is 1. The van der Waals surface area contributed by atoms with Gasteiger partial charge in [-0.05, 0) is 55.8 Å². The van der Waals surface area contributed by atoms with Crippen molar-refractivity contribution in [2.45, 2.75) is 38.5 Å². The fourth-order valence-electron chi connectivity index (χ4n) is 2.87. The van der Waals surface area contributed by atoms with E-state index in [1.54, 1.807) is 0 Å². The summed E-state index contributed by atoms with van der Waals surface area (Å²) in [6.45, 7) is 3.91. The van der Waals surface area contributed by atoms with Crippen LogP contribution in [0, 0.1) is 5.82 Å². The Morgan fingerprint density at radius 3 is 2.46 bits per heavy atom. The topological polar surface area (TPSA) is 77.5 Å². The molecule has 2 aromatic carbocycles. The zero-order chi connectivity index (χ0) is 20.1. The minimum atomic E-state index is -0.448. The van der Waals surface area contributed by atoms with Crippen LogP contribution in [0.2, 0.25) is 5.02 Å². The summed E-state index contributed by atoms with van der Waals surface area (Å²) in [7, 11) is 0. The van der Waals surface area contributed by atoms with E-state index in [0.29, 0.717) is 16.5 Å². The van der Waals surface area contributed by atoms with Crippen LogP contribution in [-0.2, 0) is 0 Å². The number of benzene rings is 2. The fraction of sp³-hybridized carbons (Fsp3) is 0.300. The Bertz CT molecular complexity index is 839. The Hall–Kier alpha value is -2.48. The normalized spacial score (nSPS) is 19.7. The molecule has 1 aliphatic rings. The van der Waals surface area contributed by atoms with E-state index in [0.717, 1.165) is 12.0 Å². The number of rotatable bonds is 4. The van der Waals surface area contributed by atoms with Gasteiger partial charge in [-0.25, -0.2) is 15.2 Å². The van der Waals surface area contributed by atoms with Crippen molar-refractivity contribution < 1.29 is 9.18 Å².